The molecule has 2 nitrogen and oxygen atoms in total. The van der Waals surface area contributed by atoms with E-state index in [0.717, 1.165) is 17.7 Å². The van der Waals surface area contributed by atoms with Crippen LogP contribution in [-0.2, 0) is 0 Å². The van der Waals surface area contributed by atoms with Crippen molar-refractivity contribution < 1.29 is 4.79 Å². The van der Waals surface area contributed by atoms with Gasteiger partial charge in [-0.25, -0.2) is 0 Å². The van der Waals surface area contributed by atoms with Gasteiger partial charge in [0.1, 0.15) is 0 Å². The second kappa shape index (κ2) is 3.72. The Morgan fingerprint density at radius 2 is 2.31 bits per heavy atom. The minimum atomic E-state index is -0.115. The van der Waals surface area contributed by atoms with Gasteiger partial charge in [0.2, 0.25) is 0 Å². The number of rotatable bonds is 3. The van der Waals surface area contributed by atoms with Crippen molar-refractivity contribution in [1.82, 2.24) is 5.32 Å². The molecular weight excluding hydrogens is 262 g/mol. The fraction of sp³-hybridized carbons (Fsp3) is 0.364. The quantitative estimate of drug-likeness (QED) is 0.851. The normalized spacial score (nSPS) is 17.6. The van der Waals surface area contributed by atoms with Crippen LogP contribution in [0.5, 0.6) is 0 Å². The molecule has 0 radical (unpaired) electrons. The maximum Gasteiger partial charge on any atom is 0.261 e. The van der Waals surface area contributed by atoms with Gasteiger partial charge < -0.3 is 5.32 Å². The number of alkyl halides is 1. The van der Waals surface area contributed by atoms with E-state index in [2.05, 4.69) is 11.4 Å². The van der Waals surface area contributed by atoms with Crippen molar-refractivity contribution in [1.29, 1.82) is 0 Å². The van der Waals surface area contributed by atoms with Gasteiger partial charge in [-0.05, 0) is 30.4 Å². The van der Waals surface area contributed by atoms with E-state index < -0.39 is 0 Å². The first-order valence-corrected chi connectivity index (χ1v) is 7.31. The molecule has 1 N–H and O–H groups in total. The van der Waals surface area contributed by atoms with Crippen LogP contribution in [0.25, 0.3) is 9.40 Å². The van der Waals surface area contributed by atoms with Gasteiger partial charge in [0.15, 0.2) is 0 Å². The van der Waals surface area contributed by atoms with Crippen LogP contribution < -0.4 is 5.32 Å². The van der Waals surface area contributed by atoms with Gasteiger partial charge in [-0.15, -0.1) is 34.3 Å². The molecule has 0 unspecified atom stereocenters. The summed E-state index contributed by atoms with van der Waals surface area (Å²) in [5, 5.41) is 5.07. The van der Waals surface area contributed by atoms with Crippen LogP contribution in [0.15, 0.2) is 17.5 Å². The lowest BCUT2D eigenvalue weighted by Gasteiger charge is -2.12. The Morgan fingerprint density at radius 1 is 1.50 bits per heavy atom. The lowest BCUT2D eigenvalue weighted by molar-refractivity contribution is 0.0940. The van der Waals surface area contributed by atoms with Crippen LogP contribution in [0.2, 0.25) is 0 Å². The number of fused-ring (bicyclic) bond motifs is 1. The Morgan fingerprint density at radius 3 is 2.94 bits per heavy atom. The molecule has 0 bridgehead atoms. The Bertz CT molecular complexity index is 512. The summed E-state index contributed by atoms with van der Waals surface area (Å²) in [7, 11) is 0. The maximum absolute atomic E-state index is 12.0. The lowest BCUT2D eigenvalue weighted by Crippen LogP contribution is -2.37. The zero-order chi connectivity index (χ0) is 11.2. The molecule has 84 valence electrons. The van der Waals surface area contributed by atoms with Crippen molar-refractivity contribution in [3.63, 3.8) is 0 Å². The van der Waals surface area contributed by atoms with E-state index in [1.54, 1.807) is 22.7 Å². The van der Waals surface area contributed by atoms with Crippen LogP contribution in [0.3, 0.4) is 0 Å². The molecule has 1 aliphatic rings. The van der Waals surface area contributed by atoms with Crippen LogP contribution >= 0.6 is 34.3 Å². The van der Waals surface area contributed by atoms with Crippen molar-refractivity contribution in [2.75, 3.05) is 5.88 Å². The summed E-state index contributed by atoms with van der Waals surface area (Å²) in [6.07, 6.45) is 2.00. The smallest absolute Gasteiger partial charge is 0.261 e. The van der Waals surface area contributed by atoms with Gasteiger partial charge in [-0.2, -0.15) is 0 Å². The van der Waals surface area contributed by atoms with E-state index >= 15 is 0 Å². The SMILES string of the molecule is O=C(NC1(CCl)CC1)c1cc2sccc2s1. The molecule has 0 aliphatic heterocycles. The molecule has 1 fully saturated rings. The van der Waals surface area contributed by atoms with Gasteiger partial charge in [0, 0.05) is 15.3 Å². The highest BCUT2D eigenvalue weighted by molar-refractivity contribution is 7.27. The highest BCUT2D eigenvalue weighted by Crippen LogP contribution is 2.37. The number of carbonyl (C=O) groups excluding carboxylic acids is 1. The number of amides is 1. The fourth-order valence-electron chi connectivity index (χ4n) is 1.62. The van der Waals surface area contributed by atoms with E-state index in [1.165, 1.54) is 9.40 Å². The Hall–Kier alpha value is -0.580. The molecule has 2 aromatic rings. The van der Waals surface area contributed by atoms with Gasteiger partial charge in [-0.1, -0.05) is 0 Å². The van der Waals surface area contributed by atoms with Crippen LogP contribution in [-0.4, -0.2) is 17.3 Å². The van der Waals surface area contributed by atoms with Crippen LogP contribution in [0.1, 0.15) is 22.5 Å². The number of thiophene rings is 2. The summed E-state index contributed by atoms with van der Waals surface area (Å²) in [6, 6.07) is 4.01. The summed E-state index contributed by atoms with van der Waals surface area (Å²) in [5.41, 5.74) is -0.115. The minimum absolute atomic E-state index is 0.0200. The second-order valence-corrected chi connectivity index (χ2v) is 6.43. The fourth-order valence-corrected chi connectivity index (χ4v) is 3.96. The largest absolute Gasteiger partial charge is 0.345 e. The predicted octanol–water partition coefficient (Wildman–Crippen LogP) is 3.46. The minimum Gasteiger partial charge on any atom is -0.345 e. The highest BCUT2D eigenvalue weighted by Gasteiger charge is 2.43. The van der Waals surface area contributed by atoms with Crippen molar-refractivity contribution >= 4 is 49.6 Å². The third kappa shape index (κ3) is 1.75. The first kappa shape index (κ1) is 10.6. The molecule has 16 heavy (non-hydrogen) atoms. The monoisotopic (exact) mass is 271 g/mol. The molecular formula is C11H10ClNOS2. The van der Waals surface area contributed by atoms with Gasteiger partial charge in [-0.3, -0.25) is 4.79 Å². The summed E-state index contributed by atoms with van der Waals surface area (Å²) < 4.78 is 2.37. The Balaban J connectivity index is 1.82. The Labute approximate surface area is 106 Å². The Kier molecular flexibility index (Phi) is 2.46. The van der Waals surface area contributed by atoms with Crippen LogP contribution in [0.4, 0.5) is 0 Å². The lowest BCUT2D eigenvalue weighted by atomic mass is 10.3. The van der Waals surface area contributed by atoms with Gasteiger partial charge in [0.25, 0.3) is 5.91 Å². The summed E-state index contributed by atoms with van der Waals surface area (Å²) in [6.45, 7) is 0. The average Bonchev–Trinajstić information content (AvgIpc) is 2.72. The second-order valence-electron chi connectivity index (χ2n) is 4.13. The zero-order valence-electron chi connectivity index (χ0n) is 8.46. The molecule has 0 aromatic carbocycles. The molecule has 1 amide bonds. The summed E-state index contributed by atoms with van der Waals surface area (Å²) >= 11 is 9.05. The molecule has 0 spiro atoms. The number of hydrogen-bond donors (Lipinski definition) is 1. The van der Waals surface area contributed by atoms with E-state index in [-0.39, 0.29) is 11.4 Å². The van der Waals surface area contributed by atoms with E-state index in [4.69, 9.17) is 11.6 Å². The van der Waals surface area contributed by atoms with Gasteiger partial charge >= 0.3 is 0 Å². The highest BCUT2D eigenvalue weighted by atomic mass is 35.5. The maximum atomic E-state index is 12.0. The standard InChI is InChI=1S/C11H10ClNOS2/c12-6-11(2-3-11)13-10(14)9-5-8-7(16-9)1-4-15-8/h1,4-5H,2-3,6H2,(H,13,14). The third-order valence-electron chi connectivity index (χ3n) is 2.85. The topological polar surface area (TPSA) is 29.1 Å². The van der Waals surface area contributed by atoms with Crippen LogP contribution in [0, 0.1) is 0 Å². The number of hydrogen-bond acceptors (Lipinski definition) is 3. The molecule has 0 atom stereocenters. The first-order valence-electron chi connectivity index (χ1n) is 5.08. The van der Waals surface area contributed by atoms with Crippen molar-refractivity contribution in [3.05, 3.63) is 22.4 Å². The van der Waals surface area contributed by atoms with Crippen molar-refractivity contribution in [2.45, 2.75) is 18.4 Å². The number of carbonyl (C=O) groups is 1. The predicted molar refractivity (Wildman–Crippen MR) is 69.9 cm³/mol. The molecule has 2 aromatic heterocycles. The summed E-state index contributed by atoms with van der Waals surface area (Å²) in [4.78, 5) is 12.8. The molecule has 1 aliphatic carbocycles. The molecule has 2 heterocycles. The average molecular weight is 272 g/mol. The van der Waals surface area contributed by atoms with E-state index in [0.29, 0.717) is 5.88 Å². The van der Waals surface area contributed by atoms with E-state index in [9.17, 15) is 4.79 Å². The number of halogens is 1. The van der Waals surface area contributed by atoms with Gasteiger partial charge in [0.05, 0.1) is 10.4 Å². The number of nitrogens with one attached hydrogen (secondary N) is 1. The molecule has 1 saturated carbocycles. The molecule has 0 saturated heterocycles. The third-order valence-corrected chi connectivity index (χ3v) is 5.45. The molecule has 3 rings (SSSR count). The zero-order valence-corrected chi connectivity index (χ0v) is 10.8. The first-order chi connectivity index (χ1) is 7.72. The van der Waals surface area contributed by atoms with Crippen molar-refractivity contribution in [3.8, 4) is 0 Å². The summed E-state index contributed by atoms with van der Waals surface area (Å²) in [5.74, 6) is 0.532. The van der Waals surface area contributed by atoms with Crippen molar-refractivity contribution in [2.24, 2.45) is 0 Å². The van der Waals surface area contributed by atoms with E-state index in [1.807, 2.05) is 11.4 Å². The molecule has 5 heteroatoms.